The van der Waals surface area contributed by atoms with Crippen LogP contribution in [0.1, 0.15) is 74.5 Å². The first kappa shape index (κ1) is 95.4. The van der Waals surface area contributed by atoms with E-state index >= 15 is 0 Å². The lowest BCUT2D eigenvalue weighted by Gasteiger charge is -2.39. The van der Waals surface area contributed by atoms with Gasteiger partial charge in [0, 0.05) is 67.4 Å². The number of carbonyl (C=O) groups excluding carboxylic acids is 4. The summed E-state index contributed by atoms with van der Waals surface area (Å²) in [5.41, 5.74) is 8.20. The van der Waals surface area contributed by atoms with E-state index in [0.29, 0.717) is 71.5 Å². The van der Waals surface area contributed by atoms with Crippen LogP contribution in [0.4, 0.5) is 0 Å². The van der Waals surface area contributed by atoms with Gasteiger partial charge in [-0.15, -0.1) is 0 Å². The van der Waals surface area contributed by atoms with Gasteiger partial charge in [-0.2, -0.15) is 0 Å². The predicted octanol–water partition coefficient (Wildman–Crippen LogP) is 2.05. The maximum atomic E-state index is 12.9. The highest BCUT2D eigenvalue weighted by Gasteiger charge is 2.48. The maximum absolute atomic E-state index is 12.9. The van der Waals surface area contributed by atoms with Gasteiger partial charge in [0.1, 0.15) is 115 Å². The number of hydrogen-bond acceptors (Lipinski definition) is 30. The molecule has 33 nitrogen and oxygen atoms in total. The van der Waals surface area contributed by atoms with Gasteiger partial charge in [0.2, 0.25) is 18.9 Å². The Labute approximate surface area is 709 Å². The molecule has 0 unspecified atom stereocenters. The molecule has 1 saturated carbocycles. The van der Waals surface area contributed by atoms with Crippen LogP contribution in [0.5, 0.6) is 23.0 Å². The molecule has 4 aliphatic rings. The number of Topliss-reactive ketones (excluding diaryl/α,β-unsaturated/α-hetero) is 1. The predicted molar refractivity (Wildman–Crippen MR) is 443 cm³/mol. The Kier molecular flexibility index (Phi) is 36.7. The van der Waals surface area contributed by atoms with Gasteiger partial charge in [-0.3, -0.25) is 19.2 Å². The zero-order chi connectivity index (χ0) is 88.2. The fourth-order valence-electron chi connectivity index (χ4n) is 13.9. The minimum atomic E-state index is -1.56. The molecular formula is C90H109N3O30. The number of ketones is 1. The van der Waals surface area contributed by atoms with Crippen molar-refractivity contribution < 1.29 is 148 Å². The Bertz CT molecular complexity index is 4300. The van der Waals surface area contributed by atoms with Gasteiger partial charge >= 0.3 is 0 Å². The first-order chi connectivity index (χ1) is 59.4. The number of ether oxygens (including phenoxy) is 10. The zero-order valence-corrected chi connectivity index (χ0v) is 67.7. The van der Waals surface area contributed by atoms with E-state index < -0.39 is 142 Å². The molecule has 20 atom stereocenters. The van der Waals surface area contributed by atoms with Crippen molar-refractivity contribution in [3.8, 4) is 67.5 Å². The molecular weight excluding hydrogens is 1600 g/mol. The van der Waals surface area contributed by atoms with E-state index in [9.17, 15) is 101 Å². The molecule has 0 aromatic heterocycles. The second kappa shape index (κ2) is 47.3. The van der Waals surface area contributed by atoms with E-state index in [4.69, 9.17) is 47.4 Å². The van der Waals surface area contributed by atoms with Crippen molar-refractivity contribution in [3.05, 3.63) is 216 Å². The summed E-state index contributed by atoms with van der Waals surface area (Å²) in [5.74, 6) is -0.110. The van der Waals surface area contributed by atoms with Crippen LogP contribution in [0.25, 0.3) is 44.5 Å². The van der Waals surface area contributed by atoms with Crippen LogP contribution in [-0.4, -0.2) is 307 Å². The summed E-state index contributed by atoms with van der Waals surface area (Å²) in [6, 6.07) is 55.7. The molecule has 33 heteroatoms. The van der Waals surface area contributed by atoms with Gasteiger partial charge in [0.05, 0.1) is 59.0 Å². The van der Waals surface area contributed by atoms with Crippen molar-refractivity contribution >= 4 is 23.5 Å². The van der Waals surface area contributed by atoms with Crippen molar-refractivity contribution in [2.75, 3.05) is 85.7 Å². The molecule has 664 valence electrons. The molecule has 0 bridgehead atoms. The number of aliphatic hydroxyl groups is 16. The summed E-state index contributed by atoms with van der Waals surface area (Å²) in [6.07, 6.45) is -24.7. The van der Waals surface area contributed by atoms with Gasteiger partial charge in [0.15, 0.2) is 5.78 Å². The van der Waals surface area contributed by atoms with Crippen molar-refractivity contribution in [2.24, 2.45) is 5.92 Å². The summed E-state index contributed by atoms with van der Waals surface area (Å²) < 4.78 is 55.9. The quantitative estimate of drug-likeness (QED) is 0.0197. The summed E-state index contributed by atoms with van der Waals surface area (Å²) >= 11 is 0. The molecule has 3 heterocycles. The largest absolute Gasteiger partial charge is 0.488 e. The van der Waals surface area contributed by atoms with Crippen molar-refractivity contribution in [1.29, 1.82) is 0 Å². The molecule has 3 saturated heterocycles. The molecule has 4 fully saturated rings. The number of carbonyl (C=O) groups is 4. The Balaban J connectivity index is 0.000000253. The standard InChI is InChI=1S/C45H53NO16.C43H50N2O14.C2H6/c47-24-35-37(50)39(52)41(54)44(61-35)59-32-13-9-26(10-14-32)28-4-1-6-30(22-28)34(49)8-3-18-57-20-21-58-19-17-46-43(56)31-7-2-5-29(23-31)27-11-15-33(16-12-27)60-45-42(55)40(53)38(51)36(25-48)62-45;46-22-30-21-33(36(49)38(51)35(30)48)57-31-11-7-24(8-12-31)26-3-1-5-28(19-26)41(54)44-15-17-56-18-16-45-42(55)29-6-2-4-27(20-29)25-9-13-32(14-10-25)58-43-40(53)39(52)37(50)34(23-47)59-43;1-2/h1-2,4-7,9-16,22-23,35-42,44-45,47-48,50-55H,3,8,17-21,24-25H2,(H,46,56);1-14,19-20,30,33-40,43,46-53H,15-18,21-23H2,(H,44,54)(H,45,55);1-2H3/t35-,36-,37-,38-,39+,40+,41+,42+,44+,45+;30-,33+,34-,35-,36-,37-,38+,39+,40+,43+;/m11./s1. The lowest BCUT2D eigenvalue weighted by atomic mass is 9.81. The molecule has 1 aliphatic carbocycles. The normalized spacial score (nSPS) is 26.1. The molecule has 12 rings (SSSR count). The highest BCUT2D eigenvalue weighted by molar-refractivity contribution is 5.98. The van der Waals surface area contributed by atoms with Gasteiger partial charge in [-0.25, -0.2) is 0 Å². The molecule has 8 aromatic carbocycles. The van der Waals surface area contributed by atoms with Crippen LogP contribution < -0.4 is 34.9 Å². The van der Waals surface area contributed by atoms with E-state index in [1.54, 1.807) is 170 Å². The molecule has 123 heavy (non-hydrogen) atoms. The lowest BCUT2D eigenvalue weighted by molar-refractivity contribution is -0.277. The van der Waals surface area contributed by atoms with Crippen LogP contribution in [0.15, 0.2) is 194 Å². The summed E-state index contributed by atoms with van der Waals surface area (Å²) in [7, 11) is 0. The highest BCUT2D eigenvalue weighted by atomic mass is 16.7. The Morgan fingerprint density at radius 1 is 0.317 bits per heavy atom. The summed E-state index contributed by atoms with van der Waals surface area (Å²) in [4.78, 5) is 51.5. The summed E-state index contributed by atoms with van der Waals surface area (Å²) in [6.45, 7) is 4.43. The first-order valence-electron chi connectivity index (χ1n) is 40.6. The number of nitrogens with one attached hydrogen (secondary N) is 3. The minimum Gasteiger partial charge on any atom is -0.488 e. The zero-order valence-electron chi connectivity index (χ0n) is 67.7. The molecule has 0 radical (unpaired) electrons. The maximum Gasteiger partial charge on any atom is 0.251 e. The van der Waals surface area contributed by atoms with Crippen molar-refractivity contribution in [3.63, 3.8) is 0 Å². The smallest absolute Gasteiger partial charge is 0.251 e. The SMILES string of the molecule is CC.O=C(CCCOCCOCCNC(=O)c1cccc(-c2ccc(O[C@H]3O[C@H](CO)[C@@H](O)[C@H](O)[C@@H]3O)cc2)c1)c1cccc(-c2ccc(O[C@H]3O[C@H](CO)[C@@H](O)[C@H](O)[C@@H]3O)cc2)c1.O=C(NCCOCCNC(=O)c1cccc(-c2ccc(O[C@H]3C[C@H](CO)[C@@H](O)[C@H](O)[C@@H]3O)cc2)c1)c1cccc(-c2ccc(O[C@H]3O[C@H](CO)[C@@H](O)[C@H](O)[C@@H]3O)cc2)c1. The Morgan fingerprint density at radius 3 is 0.935 bits per heavy atom. The van der Waals surface area contributed by atoms with Crippen molar-refractivity contribution in [1.82, 2.24) is 16.0 Å². The number of amides is 3. The van der Waals surface area contributed by atoms with Crippen LogP contribution in [0.3, 0.4) is 0 Å². The van der Waals surface area contributed by atoms with Crippen LogP contribution in [0, 0.1) is 5.92 Å². The minimum absolute atomic E-state index is 0.0341. The summed E-state index contributed by atoms with van der Waals surface area (Å²) in [5, 5.41) is 167. The van der Waals surface area contributed by atoms with Crippen LogP contribution in [0.2, 0.25) is 0 Å². The fraction of sp³-hybridized carbons (Fsp3) is 0.422. The average Bonchev–Trinajstić information content (AvgIpc) is 0.815. The van der Waals surface area contributed by atoms with Gasteiger partial charge < -0.3 is 145 Å². The van der Waals surface area contributed by atoms with Crippen LogP contribution in [-0.2, 0) is 28.4 Å². The topological polar surface area (TPSA) is 520 Å². The second-order valence-corrected chi connectivity index (χ2v) is 29.3. The molecule has 3 amide bonds. The third-order valence-corrected chi connectivity index (χ3v) is 20.9. The van der Waals surface area contributed by atoms with Gasteiger partial charge in [-0.1, -0.05) is 117 Å². The lowest BCUT2D eigenvalue weighted by Crippen LogP contribution is -2.60. The number of hydrogen-bond donors (Lipinski definition) is 19. The fourth-order valence-corrected chi connectivity index (χ4v) is 13.9. The number of aliphatic hydroxyl groups excluding tert-OH is 16. The van der Waals surface area contributed by atoms with E-state index in [1.165, 1.54) is 0 Å². The van der Waals surface area contributed by atoms with E-state index in [1.807, 2.05) is 38.1 Å². The van der Waals surface area contributed by atoms with Gasteiger partial charge in [-0.05, 0) is 148 Å². The molecule has 0 spiro atoms. The number of benzene rings is 8. The monoisotopic (exact) mass is 1710 g/mol. The first-order valence-corrected chi connectivity index (χ1v) is 40.6. The number of rotatable bonds is 36. The van der Waals surface area contributed by atoms with E-state index in [2.05, 4.69) is 16.0 Å². The molecule has 3 aliphatic heterocycles. The van der Waals surface area contributed by atoms with E-state index in [-0.39, 0.29) is 82.4 Å². The molecule has 8 aromatic rings. The highest BCUT2D eigenvalue weighted by Crippen LogP contribution is 2.35. The third kappa shape index (κ3) is 25.9. The van der Waals surface area contributed by atoms with Gasteiger partial charge in [0.25, 0.3) is 17.7 Å². The van der Waals surface area contributed by atoms with E-state index in [0.717, 1.165) is 44.5 Å². The van der Waals surface area contributed by atoms with Crippen molar-refractivity contribution in [2.45, 2.75) is 150 Å². The third-order valence-electron chi connectivity index (χ3n) is 20.9. The second-order valence-electron chi connectivity index (χ2n) is 29.3. The molecule has 19 N–H and O–H groups in total. The Morgan fingerprint density at radius 2 is 0.610 bits per heavy atom. The average molecular weight is 1710 g/mol. The Hall–Kier alpha value is -9.84. The van der Waals surface area contributed by atoms with Crippen LogP contribution >= 0.6 is 0 Å².